The van der Waals surface area contributed by atoms with Crippen LogP contribution in [0.3, 0.4) is 0 Å². The molecule has 150 valence electrons. The van der Waals surface area contributed by atoms with Gasteiger partial charge in [-0.25, -0.2) is 0 Å². The Hall–Kier alpha value is -1.70. The highest BCUT2D eigenvalue weighted by molar-refractivity contribution is 7.19. The molecule has 0 fully saturated rings. The van der Waals surface area contributed by atoms with Crippen molar-refractivity contribution in [1.29, 1.82) is 0 Å². The third kappa shape index (κ3) is 6.45. The largest absolute Gasteiger partial charge is 0.379 e. The SMILES string of the molecule is CC.CCF.CCc1c(CCN)sc2c(NCc3cccs3)cc(=O)[nH]c12. The van der Waals surface area contributed by atoms with Crippen LogP contribution in [0.25, 0.3) is 10.2 Å². The summed E-state index contributed by atoms with van der Waals surface area (Å²) < 4.78 is 11.4. The lowest BCUT2D eigenvalue weighted by Gasteiger charge is -2.06. The van der Waals surface area contributed by atoms with E-state index in [1.54, 1.807) is 28.7 Å². The third-order valence-corrected chi connectivity index (χ3v) is 5.82. The molecule has 0 atom stereocenters. The quantitative estimate of drug-likeness (QED) is 0.513. The number of pyridine rings is 1. The molecule has 3 aromatic rings. The van der Waals surface area contributed by atoms with Gasteiger partial charge in [-0.2, -0.15) is 0 Å². The van der Waals surface area contributed by atoms with Crippen molar-refractivity contribution in [1.82, 2.24) is 4.98 Å². The van der Waals surface area contributed by atoms with Crippen molar-refractivity contribution in [3.8, 4) is 0 Å². The van der Waals surface area contributed by atoms with Gasteiger partial charge in [0.15, 0.2) is 0 Å². The normalized spacial score (nSPS) is 10.0. The van der Waals surface area contributed by atoms with Crippen molar-refractivity contribution in [2.24, 2.45) is 5.73 Å². The number of rotatable bonds is 6. The second kappa shape index (κ2) is 12.6. The first-order valence-electron chi connectivity index (χ1n) is 9.34. The lowest BCUT2D eigenvalue weighted by atomic mass is 10.1. The van der Waals surface area contributed by atoms with Crippen molar-refractivity contribution in [3.63, 3.8) is 0 Å². The minimum Gasteiger partial charge on any atom is -0.379 e. The molecule has 0 unspecified atom stereocenters. The number of nitrogens with one attached hydrogen (secondary N) is 2. The fourth-order valence-electron chi connectivity index (χ4n) is 2.62. The van der Waals surface area contributed by atoms with Crippen LogP contribution in [0.15, 0.2) is 28.4 Å². The molecular weight excluding hydrogens is 381 g/mol. The summed E-state index contributed by atoms with van der Waals surface area (Å²) in [5, 5.41) is 5.47. The molecule has 0 bridgehead atoms. The van der Waals surface area contributed by atoms with Gasteiger partial charge in [0.1, 0.15) is 0 Å². The Morgan fingerprint density at radius 3 is 2.56 bits per heavy atom. The number of nitrogens with two attached hydrogens (primary N) is 1. The van der Waals surface area contributed by atoms with Gasteiger partial charge in [-0.05, 0) is 43.3 Å². The highest BCUT2D eigenvalue weighted by Crippen LogP contribution is 2.35. The van der Waals surface area contributed by atoms with Crippen LogP contribution in [0, 0.1) is 0 Å². The molecule has 4 nitrogen and oxygen atoms in total. The zero-order valence-corrected chi connectivity index (χ0v) is 18.2. The van der Waals surface area contributed by atoms with Gasteiger partial charge in [-0.3, -0.25) is 9.18 Å². The van der Waals surface area contributed by atoms with E-state index in [1.807, 2.05) is 19.9 Å². The van der Waals surface area contributed by atoms with Gasteiger partial charge in [0.05, 0.1) is 22.6 Å². The maximum atomic E-state index is 12.0. The van der Waals surface area contributed by atoms with E-state index in [2.05, 4.69) is 28.7 Å². The number of halogens is 1. The van der Waals surface area contributed by atoms with Crippen molar-refractivity contribution in [2.75, 3.05) is 18.5 Å². The smallest absolute Gasteiger partial charge is 0.250 e. The number of thiophene rings is 2. The van der Waals surface area contributed by atoms with Crippen molar-refractivity contribution < 1.29 is 4.39 Å². The highest BCUT2D eigenvalue weighted by Gasteiger charge is 2.14. The molecule has 3 aromatic heterocycles. The van der Waals surface area contributed by atoms with Crippen LogP contribution in [-0.4, -0.2) is 18.2 Å². The van der Waals surface area contributed by atoms with E-state index < -0.39 is 0 Å². The maximum absolute atomic E-state index is 12.0. The number of aromatic amines is 1. The molecular formula is C20H30FN3OS2. The fourth-order valence-corrected chi connectivity index (χ4v) is 4.62. The van der Waals surface area contributed by atoms with Crippen LogP contribution < -0.4 is 16.6 Å². The van der Waals surface area contributed by atoms with E-state index in [4.69, 9.17) is 5.73 Å². The lowest BCUT2D eigenvalue weighted by Crippen LogP contribution is -2.08. The summed E-state index contributed by atoms with van der Waals surface area (Å²) in [4.78, 5) is 17.5. The zero-order chi connectivity index (χ0) is 20.2. The molecule has 0 spiro atoms. The van der Waals surface area contributed by atoms with E-state index in [0.29, 0.717) is 6.54 Å². The Balaban J connectivity index is 0.000000665. The van der Waals surface area contributed by atoms with Crippen LogP contribution in [0.1, 0.15) is 43.0 Å². The molecule has 0 aliphatic heterocycles. The number of aromatic nitrogens is 1. The van der Waals surface area contributed by atoms with E-state index >= 15 is 0 Å². The average molecular weight is 412 g/mol. The number of anilines is 1. The fraction of sp³-hybridized carbons (Fsp3) is 0.450. The third-order valence-electron chi connectivity index (χ3n) is 3.62. The van der Waals surface area contributed by atoms with Gasteiger partial charge in [0, 0.05) is 22.4 Å². The summed E-state index contributed by atoms with van der Waals surface area (Å²) in [6.45, 7) is 8.69. The molecule has 0 aromatic carbocycles. The lowest BCUT2D eigenvalue weighted by molar-refractivity contribution is 0.527. The molecule has 3 heterocycles. The highest BCUT2D eigenvalue weighted by atomic mass is 32.1. The summed E-state index contributed by atoms with van der Waals surface area (Å²) in [7, 11) is 0. The average Bonchev–Trinajstić information content (AvgIpc) is 3.30. The minimum absolute atomic E-state index is 0.0621. The number of hydrogen-bond donors (Lipinski definition) is 3. The predicted octanol–water partition coefficient (Wildman–Crippen LogP) is 5.33. The molecule has 3 rings (SSSR count). The van der Waals surface area contributed by atoms with Gasteiger partial charge in [0.25, 0.3) is 5.56 Å². The molecule has 0 aliphatic rings. The molecule has 0 saturated heterocycles. The van der Waals surface area contributed by atoms with Crippen LogP contribution in [-0.2, 0) is 19.4 Å². The van der Waals surface area contributed by atoms with Gasteiger partial charge in [-0.15, -0.1) is 22.7 Å². The minimum atomic E-state index is -0.250. The van der Waals surface area contributed by atoms with Crippen LogP contribution in [0.4, 0.5) is 10.1 Å². The number of aryl methyl sites for hydroxylation is 1. The van der Waals surface area contributed by atoms with Crippen molar-refractivity contribution >= 4 is 38.6 Å². The van der Waals surface area contributed by atoms with Gasteiger partial charge >= 0.3 is 0 Å². The predicted molar refractivity (Wildman–Crippen MR) is 119 cm³/mol. The summed E-state index contributed by atoms with van der Waals surface area (Å²) in [5.74, 6) is 0. The standard InChI is InChI=1S/C16H19N3OS2.C2H5F.C2H6/c1-2-11-13(5-6-17)22-16-12(8-14(20)19-15(11)16)18-9-10-4-3-7-21-10;1-2-3;1-2/h3-4,7-8H,2,5-6,9,17H2,1H3,(H2,18,19,20);2H2,1H3;1-2H3. The Labute approximate surface area is 168 Å². The second-order valence-electron chi connectivity index (χ2n) is 5.35. The second-order valence-corrected chi connectivity index (χ2v) is 7.49. The first kappa shape index (κ1) is 23.3. The van der Waals surface area contributed by atoms with Crippen LogP contribution in [0.5, 0.6) is 0 Å². The van der Waals surface area contributed by atoms with E-state index in [1.165, 1.54) is 22.2 Å². The molecule has 7 heteroatoms. The molecule has 0 amide bonds. The Morgan fingerprint density at radius 2 is 2.00 bits per heavy atom. The summed E-state index contributed by atoms with van der Waals surface area (Å²) >= 11 is 3.45. The van der Waals surface area contributed by atoms with Crippen LogP contribution in [0.2, 0.25) is 0 Å². The zero-order valence-electron chi connectivity index (χ0n) is 16.5. The number of fused-ring (bicyclic) bond motifs is 1. The van der Waals surface area contributed by atoms with E-state index in [9.17, 15) is 9.18 Å². The summed E-state index contributed by atoms with van der Waals surface area (Å²) in [6, 6.07) is 5.78. The molecule has 0 saturated carbocycles. The Kier molecular flexibility index (Phi) is 10.9. The first-order valence-corrected chi connectivity index (χ1v) is 11.0. The van der Waals surface area contributed by atoms with Gasteiger partial charge in [-0.1, -0.05) is 26.8 Å². The monoisotopic (exact) mass is 411 g/mol. The molecule has 0 radical (unpaired) electrons. The summed E-state index contributed by atoms with van der Waals surface area (Å²) in [6.07, 6.45) is 1.76. The number of hydrogen-bond acceptors (Lipinski definition) is 5. The Bertz CT molecular complexity index is 841. The summed E-state index contributed by atoms with van der Waals surface area (Å²) in [5.41, 5.74) is 8.76. The van der Waals surface area contributed by atoms with E-state index in [-0.39, 0.29) is 12.2 Å². The maximum Gasteiger partial charge on any atom is 0.250 e. The molecule has 0 aliphatic carbocycles. The topological polar surface area (TPSA) is 70.9 Å². The van der Waals surface area contributed by atoms with Gasteiger partial charge in [0.2, 0.25) is 0 Å². The molecule has 27 heavy (non-hydrogen) atoms. The van der Waals surface area contributed by atoms with E-state index in [0.717, 1.165) is 35.3 Å². The molecule has 4 N–H and O–H groups in total. The number of alkyl halides is 1. The van der Waals surface area contributed by atoms with Crippen molar-refractivity contribution in [2.45, 2.75) is 47.1 Å². The first-order chi connectivity index (χ1) is 13.1. The Morgan fingerprint density at radius 1 is 1.30 bits per heavy atom. The van der Waals surface area contributed by atoms with Crippen LogP contribution >= 0.6 is 22.7 Å². The number of H-pyrrole nitrogens is 1. The van der Waals surface area contributed by atoms with Crippen molar-refractivity contribution in [3.05, 3.63) is 49.3 Å². The van der Waals surface area contributed by atoms with Gasteiger partial charge < -0.3 is 16.0 Å².